The SMILES string of the molecule is [B]C([B])([B])N[C@@H](C([B])([B])C)C([B])([B])c1ccc2c(c1)OC([B])([B])O2. The van der Waals surface area contributed by atoms with Gasteiger partial charge in [-0.3, -0.25) is 0 Å². The Bertz CT molecular complexity index is 624. The summed E-state index contributed by atoms with van der Waals surface area (Å²) in [6, 6.07) is 3.60. The lowest BCUT2D eigenvalue weighted by Crippen LogP contribution is -2.64. The van der Waals surface area contributed by atoms with Crippen molar-refractivity contribution in [2.45, 2.75) is 34.2 Å². The Hall–Kier alpha value is -0.636. The minimum atomic E-state index is -1.81. The number of fused-ring (bicyclic) bond motifs is 1. The van der Waals surface area contributed by atoms with Crippen molar-refractivity contribution in [2.75, 3.05) is 0 Å². The van der Waals surface area contributed by atoms with Crippen molar-refractivity contribution in [2.24, 2.45) is 0 Å². The Morgan fingerprint density at radius 1 is 0.958 bits per heavy atom. The summed E-state index contributed by atoms with van der Waals surface area (Å²) in [6.07, 6.45) is 0. The molecule has 2 rings (SSSR count). The van der Waals surface area contributed by atoms with E-state index in [4.69, 9.17) is 80.1 Å². The van der Waals surface area contributed by atoms with Gasteiger partial charge in [0.2, 0.25) is 0 Å². The largest absolute Gasteiger partial charge is 0.468 e. The quantitative estimate of drug-likeness (QED) is 0.607. The van der Waals surface area contributed by atoms with Gasteiger partial charge in [0.05, 0.1) is 54.9 Å². The highest BCUT2D eigenvalue weighted by molar-refractivity contribution is 6.59. The van der Waals surface area contributed by atoms with Gasteiger partial charge in [-0.2, -0.15) is 0 Å². The zero-order valence-electron chi connectivity index (χ0n) is 13.3. The summed E-state index contributed by atoms with van der Waals surface area (Å²) in [6.45, 7) is 1.49. The summed E-state index contributed by atoms with van der Waals surface area (Å²) in [5, 5.41) is -2.23. The van der Waals surface area contributed by atoms with E-state index in [9.17, 15) is 0 Å². The molecule has 0 spiro atoms. The van der Waals surface area contributed by atoms with Gasteiger partial charge in [0.1, 0.15) is 0 Å². The average molecular weight is 296 g/mol. The Balaban J connectivity index is 2.41. The fourth-order valence-electron chi connectivity index (χ4n) is 2.51. The van der Waals surface area contributed by atoms with Crippen LogP contribution in [0.1, 0.15) is 12.5 Å². The lowest BCUT2D eigenvalue weighted by molar-refractivity contribution is 0.0833. The molecule has 1 aliphatic rings. The van der Waals surface area contributed by atoms with Gasteiger partial charge in [-0.25, -0.2) is 0 Å². The molecule has 0 aromatic heterocycles. The zero-order valence-corrected chi connectivity index (χ0v) is 13.3. The third kappa shape index (κ3) is 4.31. The summed E-state index contributed by atoms with van der Waals surface area (Å²) in [5.41, 5.74) is -1.40. The van der Waals surface area contributed by atoms with E-state index in [-0.39, 0.29) is 5.75 Å². The summed E-state index contributed by atoms with van der Waals surface area (Å²) < 4.78 is 10.5. The van der Waals surface area contributed by atoms with E-state index in [1.807, 2.05) is 0 Å². The average Bonchev–Trinajstić information content (AvgIpc) is 2.66. The first-order valence-corrected chi connectivity index (χ1v) is 7.02. The highest BCUT2D eigenvalue weighted by Gasteiger charge is 2.40. The van der Waals surface area contributed by atoms with Crippen LogP contribution in [0.15, 0.2) is 18.2 Å². The Labute approximate surface area is 155 Å². The molecule has 3 nitrogen and oxygen atoms in total. The van der Waals surface area contributed by atoms with E-state index in [0.29, 0.717) is 11.3 Å². The van der Waals surface area contributed by atoms with Crippen molar-refractivity contribution in [1.29, 1.82) is 0 Å². The molecule has 12 heteroatoms. The first-order chi connectivity index (χ1) is 10.6. The molecule has 0 saturated carbocycles. The van der Waals surface area contributed by atoms with E-state index >= 15 is 0 Å². The van der Waals surface area contributed by atoms with Gasteiger partial charge in [-0.05, 0) is 18.2 Å². The van der Waals surface area contributed by atoms with E-state index < -0.39 is 27.3 Å². The van der Waals surface area contributed by atoms with Crippen LogP contribution in [0.5, 0.6) is 11.5 Å². The number of ether oxygens (including phenoxy) is 2. The van der Waals surface area contributed by atoms with Crippen molar-refractivity contribution >= 4 is 70.6 Å². The van der Waals surface area contributed by atoms with Crippen LogP contribution in [0.3, 0.4) is 0 Å². The highest BCUT2D eigenvalue weighted by Crippen LogP contribution is 2.41. The van der Waals surface area contributed by atoms with Gasteiger partial charge < -0.3 is 14.8 Å². The van der Waals surface area contributed by atoms with Gasteiger partial charge in [-0.1, -0.05) is 34.2 Å². The Morgan fingerprint density at radius 3 is 2.00 bits per heavy atom. The number of hydrogen-bond acceptors (Lipinski definition) is 3. The molecule has 0 fully saturated rings. The van der Waals surface area contributed by atoms with Crippen LogP contribution in [0, 0.1) is 0 Å². The summed E-state index contributed by atoms with van der Waals surface area (Å²) in [7, 11) is 52.3. The maximum absolute atomic E-state index is 6.27. The van der Waals surface area contributed by atoms with Crippen molar-refractivity contribution in [1.82, 2.24) is 5.32 Å². The molecule has 0 bridgehead atoms. The van der Waals surface area contributed by atoms with Gasteiger partial charge in [0, 0.05) is 0 Å². The molecular weight excluding hydrogens is 287 g/mol. The van der Waals surface area contributed by atoms with Crippen LogP contribution in [0.25, 0.3) is 0 Å². The molecule has 1 atom stereocenters. The smallest absolute Gasteiger partial charge is 0.175 e. The second-order valence-corrected chi connectivity index (χ2v) is 6.40. The second kappa shape index (κ2) is 5.97. The molecule has 0 saturated heterocycles. The summed E-state index contributed by atoms with van der Waals surface area (Å²) >= 11 is 0. The van der Waals surface area contributed by atoms with Crippen LogP contribution in [0.4, 0.5) is 0 Å². The van der Waals surface area contributed by atoms with Crippen LogP contribution in [-0.4, -0.2) is 87.5 Å². The van der Waals surface area contributed by atoms with Crippen molar-refractivity contribution in [3.8, 4) is 11.5 Å². The predicted molar refractivity (Wildman–Crippen MR) is 102 cm³/mol. The Morgan fingerprint density at radius 2 is 1.50 bits per heavy atom. The fourth-order valence-corrected chi connectivity index (χ4v) is 2.51. The molecule has 1 N–H and O–H groups in total. The van der Waals surface area contributed by atoms with E-state index in [1.165, 1.54) is 13.0 Å². The number of rotatable bonds is 5. The molecule has 1 aromatic rings. The summed E-state index contributed by atoms with van der Waals surface area (Å²) in [5.74, 6) is 0.588. The second-order valence-electron chi connectivity index (χ2n) is 6.40. The van der Waals surface area contributed by atoms with Gasteiger partial charge in [-0.15, -0.1) is 0 Å². The minimum Gasteiger partial charge on any atom is -0.468 e. The van der Waals surface area contributed by atoms with Crippen LogP contribution in [-0.2, 0) is 5.21 Å². The van der Waals surface area contributed by atoms with Gasteiger partial charge in [0.25, 0.3) is 0 Å². The normalized spacial score (nSPS) is 18.2. The topological polar surface area (TPSA) is 30.5 Å². The molecule has 24 heavy (non-hydrogen) atoms. The zero-order chi connectivity index (χ0) is 18.6. The summed E-state index contributed by atoms with van der Waals surface area (Å²) in [4.78, 5) is 0. The van der Waals surface area contributed by atoms with Gasteiger partial charge >= 0.3 is 0 Å². The molecule has 1 aliphatic heterocycles. The van der Waals surface area contributed by atoms with Gasteiger partial charge in [0.15, 0.2) is 32.8 Å². The molecule has 0 amide bonds. The molecular formula is C12H8B9NO2. The van der Waals surface area contributed by atoms with E-state index in [2.05, 4.69) is 5.32 Å². The first-order valence-electron chi connectivity index (χ1n) is 7.02. The van der Waals surface area contributed by atoms with Crippen molar-refractivity contribution < 1.29 is 9.47 Å². The molecule has 100 valence electrons. The maximum Gasteiger partial charge on any atom is 0.175 e. The Kier molecular flexibility index (Phi) is 4.89. The molecule has 18 radical (unpaired) electrons. The molecule has 1 aromatic carbocycles. The minimum absolute atomic E-state index is 0.256. The van der Waals surface area contributed by atoms with Crippen LogP contribution in [0.2, 0.25) is 5.21 Å². The first kappa shape index (κ1) is 19.7. The molecule has 1 heterocycles. The van der Waals surface area contributed by atoms with E-state index in [1.54, 1.807) is 12.1 Å². The third-order valence-corrected chi connectivity index (χ3v) is 3.48. The molecule has 0 aliphatic carbocycles. The van der Waals surface area contributed by atoms with Crippen molar-refractivity contribution in [3.63, 3.8) is 0 Å². The van der Waals surface area contributed by atoms with Crippen LogP contribution >= 0.6 is 0 Å². The van der Waals surface area contributed by atoms with Crippen molar-refractivity contribution in [3.05, 3.63) is 23.8 Å². The third-order valence-electron chi connectivity index (χ3n) is 3.48. The van der Waals surface area contributed by atoms with E-state index in [0.717, 1.165) is 0 Å². The fraction of sp³-hybridized carbons (Fsp3) is 0.500. The number of nitrogens with one attached hydrogen (secondary N) is 1. The standard InChI is InChI=1S/C12H8B9NO2/c1-9(13,14)8(22-11(17,18)19)10(15,16)5-2-3-6-7(4-5)24-12(20,21)23-6/h2-4,8,22H,1H3/t8-/m0/s1. The monoisotopic (exact) mass is 297 g/mol. The highest BCUT2D eigenvalue weighted by atomic mass is 16.7. The van der Waals surface area contributed by atoms with Crippen LogP contribution < -0.4 is 14.8 Å². The molecule has 0 unspecified atom stereocenters. The number of hydrogen-bond donors (Lipinski definition) is 1. The maximum atomic E-state index is 6.27. The predicted octanol–water partition coefficient (Wildman–Crippen LogP) is -2.56. The number of benzene rings is 1. The lowest BCUT2D eigenvalue weighted by Gasteiger charge is -2.49. The lowest BCUT2D eigenvalue weighted by atomic mass is 9.35.